The maximum atomic E-state index is 10.8. The highest BCUT2D eigenvalue weighted by molar-refractivity contribution is 7.11. The Labute approximate surface area is 148 Å². The first-order chi connectivity index (χ1) is 11.4. The number of aryl methyl sites for hydroxylation is 3. The summed E-state index contributed by atoms with van der Waals surface area (Å²) in [7, 11) is 0. The predicted molar refractivity (Wildman–Crippen MR) is 99.9 cm³/mol. The molecule has 0 spiro atoms. The quantitative estimate of drug-likeness (QED) is 0.886. The van der Waals surface area contributed by atoms with Gasteiger partial charge in [-0.05, 0) is 69.0 Å². The van der Waals surface area contributed by atoms with Crippen LogP contribution in [-0.4, -0.2) is 35.3 Å². The highest BCUT2D eigenvalue weighted by Crippen LogP contribution is 2.26. The lowest BCUT2D eigenvalue weighted by atomic mass is 9.92. The molecule has 2 aromatic rings. The van der Waals surface area contributed by atoms with Crippen molar-refractivity contribution in [2.45, 2.75) is 45.8 Å². The van der Waals surface area contributed by atoms with Gasteiger partial charge in [-0.1, -0.05) is 6.07 Å². The molecule has 4 heteroatoms. The van der Waals surface area contributed by atoms with E-state index in [2.05, 4.69) is 43.9 Å². The van der Waals surface area contributed by atoms with Gasteiger partial charge in [0, 0.05) is 29.4 Å². The fourth-order valence-electron chi connectivity index (χ4n) is 3.08. The van der Waals surface area contributed by atoms with E-state index in [1.165, 1.54) is 20.9 Å². The molecule has 0 saturated carbocycles. The van der Waals surface area contributed by atoms with Gasteiger partial charge >= 0.3 is 0 Å². The minimum Gasteiger partial charge on any atom is -0.491 e. The lowest BCUT2D eigenvalue weighted by Crippen LogP contribution is -2.47. The largest absolute Gasteiger partial charge is 0.491 e. The summed E-state index contributed by atoms with van der Waals surface area (Å²) in [5.41, 5.74) is 1.78. The number of hydrogen-bond donors (Lipinski definition) is 1. The molecule has 3 nitrogen and oxygen atoms in total. The molecule has 2 heterocycles. The molecule has 1 aromatic carbocycles. The van der Waals surface area contributed by atoms with E-state index in [0.29, 0.717) is 6.61 Å². The number of nitrogens with zero attached hydrogens (tertiary/aromatic N) is 1. The van der Waals surface area contributed by atoms with E-state index in [1.807, 2.05) is 23.5 Å². The van der Waals surface area contributed by atoms with Crippen LogP contribution in [-0.2, 0) is 6.54 Å². The summed E-state index contributed by atoms with van der Waals surface area (Å²) >= 11 is 1.86. The summed E-state index contributed by atoms with van der Waals surface area (Å²) in [5.74, 6) is 0.850. The van der Waals surface area contributed by atoms with Crippen molar-refractivity contribution >= 4 is 11.3 Å². The van der Waals surface area contributed by atoms with Gasteiger partial charge in [-0.2, -0.15) is 0 Å². The van der Waals surface area contributed by atoms with Crippen molar-refractivity contribution in [2.24, 2.45) is 0 Å². The Morgan fingerprint density at radius 1 is 1.08 bits per heavy atom. The van der Waals surface area contributed by atoms with Gasteiger partial charge in [0.2, 0.25) is 0 Å². The van der Waals surface area contributed by atoms with Crippen LogP contribution in [0.4, 0.5) is 0 Å². The minimum absolute atomic E-state index is 0.376. The van der Waals surface area contributed by atoms with Gasteiger partial charge in [-0.25, -0.2) is 0 Å². The standard InChI is InChI=1S/C20H27NO2S/c1-15-4-6-18(12-16(15)2)23-14-20(22)8-10-21(11-9-20)13-19-7-5-17(3)24-19/h4-7,12,22H,8-11,13-14H2,1-3H3. The maximum absolute atomic E-state index is 10.8. The van der Waals surface area contributed by atoms with Crippen molar-refractivity contribution in [2.75, 3.05) is 19.7 Å². The van der Waals surface area contributed by atoms with E-state index in [0.717, 1.165) is 38.2 Å². The number of rotatable bonds is 5. The van der Waals surface area contributed by atoms with Crippen molar-refractivity contribution in [3.8, 4) is 5.75 Å². The van der Waals surface area contributed by atoms with Crippen molar-refractivity contribution in [3.05, 3.63) is 51.2 Å². The molecule has 0 bridgehead atoms. The second-order valence-electron chi connectivity index (χ2n) is 7.05. The van der Waals surface area contributed by atoms with E-state index in [-0.39, 0.29) is 0 Å². The first-order valence-electron chi connectivity index (χ1n) is 8.64. The van der Waals surface area contributed by atoms with E-state index < -0.39 is 5.60 Å². The number of piperidine rings is 1. The molecule has 0 atom stereocenters. The zero-order valence-electron chi connectivity index (χ0n) is 14.8. The van der Waals surface area contributed by atoms with Crippen LogP contribution in [0.5, 0.6) is 5.75 Å². The lowest BCUT2D eigenvalue weighted by Gasteiger charge is -2.37. The molecule has 1 saturated heterocycles. The summed E-state index contributed by atoms with van der Waals surface area (Å²) < 4.78 is 5.87. The number of hydrogen-bond acceptors (Lipinski definition) is 4. The van der Waals surface area contributed by atoms with Crippen molar-refractivity contribution < 1.29 is 9.84 Å². The van der Waals surface area contributed by atoms with Gasteiger partial charge in [0.1, 0.15) is 18.0 Å². The Morgan fingerprint density at radius 3 is 2.46 bits per heavy atom. The lowest BCUT2D eigenvalue weighted by molar-refractivity contribution is -0.0535. The van der Waals surface area contributed by atoms with Crippen LogP contribution in [0.2, 0.25) is 0 Å². The van der Waals surface area contributed by atoms with Crippen LogP contribution in [0.1, 0.15) is 33.7 Å². The Hall–Kier alpha value is -1.36. The van der Waals surface area contributed by atoms with E-state index in [9.17, 15) is 5.11 Å². The molecule has 0 amide bonds. The van der Waals surface area contributed by atoms with Crippen LogP contribution in [0.25, 0.3) is 0 Å². The third kappa shape index (κ3) is 4.38. The highest BCUT2D eigenvalue weighted by Gasteiger charge is 2.33. The van der Waals surface area contributed by atoms with Gasteiger partial charge in [-0.3, -0.25) is 4.90 Å². The molecule has 1 aromatic heterocycles. The van der Waals surface area contributed by atoms with Gasteiger partial charge in [0.15, 0.2) is 0 Å². The molecule has 1 fully saturated rings. The molecular formula is C20H27NO2S. The number of thiophene rings is 1. The van der Waals surface area contributed by atoms with E-state index >= 15 is 0 Å². The number of aliphatic hydroxyl groups is 1. The van der Waals surface area contributed by atoms with Crippen molar-refractivity contribution in [1.29, 1.82) is 0 Å². The molecular weight excluding hydrogens is 318 g/mol. The Balaban J connectivity index is 1.49. The molecule has 1 aliphatic heterocycles. The Kier molecular flexibility index (Phi) is 5.28. The first kappa shape index (κ1) is 17.5. The molecule has 1 N–H and O–H groups in total. The Bertz CT molecular complexity index is 687. The van der Waals surface area contributed by atoms with Crippen LogP contribution in [0.3, 0.4) is 0 Å². The summed E-state index contributed by atoms with van der Waals surface area (Å²) in [4.78, 5) is 5.19. The fraction of sp³-hybridized carbons (Fsp3) is 0.500. The zero-order chi connectivity index (χ0) is 17.2. The van der Waals surface area contributed by atoms with Gasteiger partial charge in [0.05, 0.1) is 0 Å². The summed E-state index contributed by atoms with van der Waals surface area (Å²) in [6, 6.07) is 10.5. The molecule has 3 rings (SSSR count). The summed E-state index contributed by atoms with van der Waals surface area (Å²) in [5, 5.41) is 10.8. The normalized spacial score (nSPS) is 17.8. The SMILES string of the molecule is Cc1ccc(CN2CCC(O)(COc3ccc(C)c(C)c3)CC2)s1. The van der Waals surface area contributed by atoms with E-state index in [1.54, 1.807) is 0 Å². The highest BCUT2D eigenvalue weighted by atomic mass is 32.1. The van der Waals surface area contributed by atoms with Gasteiger partial charge < -0.3 is 9.84 Å². The molecule has 1 aliphatic rings. The summed E-state index contributed by atoms with van der Waals surface area (Å²) in [6.45, 7) is 9.54. The summed E-state index contributed by atoms with van der Waals surface area (Å²) in [6.07, 6.45) is 1.53. The molecule has 130 valence electrons. The third-order valence-corrected chi connectivity index (χ3v) is 5.93. The van der Waals surface area contributed by atoms with Crippen LogP contribution < -0.4 is 4.74 Å². The number of ether oxygens (including phenoxy) is 1. The third-order valence-electron chi connectivity index (χ3n) is 4.95. The Morgan fingerprint density at radius 2 is 1.83 bits per heavy atom. The minimum atomic E-state index is -0.708. The number of benzene rings is 1. The fourth-order valence-corrected chi connectivity index (χ4v) is 4.02. The van der Waals surface area contributed by atoms with Gasteiger partial charge in [-0.15, -0.1) is 11.3 Å². The second-order valence-corrected chi connectivity index (χ2v) is 8.42. The topological polar surface area (TPSA) is 32.7 Å². The molecule has 0 aliphatic carbocycles. The average molecular weight is 346 g/mol. The maximum Gasteiger partial charge on any atom is 0.119 e. The second kappa shape index (κ2) is 7.26. The monoisotopic (exact) mass is 345 g/mol. The number of likely N-dealkylation sites (tertiary alicyclic amines) is 1. The van der Waals surface area contributed by atoms with Crippen LogP contribution in [0.15, 0.2) is 30.3 Å². The van der Waals surface area contributed by atoms with E-state index in [4.69, 9.17) is 4.74 Å². The first-order valence-corrected chi connectivity index (χ1v) is 9.45. The molecule has 0 radical (unpaired) electrons. The van der Waals surface area contributed by atoms with Crippen molar-refractivity contribution in [3.63, 3.8) is 0 Å². The molecule has 0 unspecified atom stereocenters. The van der Waals surface area contributed by atoms with Crippen LogP contribution in [0, 0.1) is 20.8 Å². The molecule has 24 heavy (non-hydrogen) atoms. The van der Waals surface area contributed by atoms with Crippen LogP contribution >= 0.6 is 11.3 Å². The average Bonchev–Trinajstić information content (AvgIpc) is 2.96. The van der Waals surface area contributed by atoms with Crippen molar-refractivity contribution in [1.82, 2.24) is 4.90 Å². The zero-order valence-corrected chi connectivity index (χ0v) is 15.7. The van der Waals surface area contributed by atoms with Gasteiger partial charge in [0.25, 0.3) is 0 Å². The smallest absolute Gasteiger partial charge is 0.119 e. The predicted octanol–water partition coefficient (Wildman–Crippen LogP) is 4.08.